The molecule has 0 fully saturated rings. The van der Waals surface area contributed by atoms with E-state index in [0.717, 1.165) is 0 Å². The first-order chi connectivity index (χ1) is 1.91. The van der Waals surface area contributed by atoms with E-state index in [-0.39, 0.29) is 21.1 Å². The third kappa shape index (κ3) is 15.5. The van der Waals surface area contributed by atoms with Crippen molar-refractivity contribution in [3.05, 3.63) is 0 Å². The van der Waals surface area contributed by atoms with Crippen molar-refractivity contribution in [1.82, 2.24) is 0 Å². The van der Waals surface area contributed by atoms with Gasteiger partial charge in [0.15, 0.2) is 0 Å². The van der Waals surface area contributed by atoms with Crippen LogP contribution in [0, 0.1) is 12.5 Å². The van der Waals surface area contributed by atoms with Crippen molar-refractivity contribution >= 4 is 0 Å². The second-order valence-electron chi connectivity index (χ2n) is 0.322. The summed E-state index contributed by atoms with van der Waals surface area (Å²) in [7, 11) is 1.44. The molecule has 2 heteroatoms. The zero-order chi connectivity index (χ0) is 3.41. The molecule has 0 radical (unpaired) electrons. The van der Waals surface area contributed by atoms with Crippen molar-refractivity contribution in [3.63, 3.8) is 0 Å². The Hall–Kier alpha value is 0.0483. The van der Waals surface area contributed by atoms with Crippen molar-refractivity contribution in [3.8, 4) is 12.5 Å². The van der Waals surface area contributed by atoms with E-state index < -0.39 is 0 Å². The molecule has 0 heterocycles. The van der Waals surface area contributed by atoms with Crippen LogP contribution in [-0.4, -0.2) is 7.11 Å². The number of ether oxygens (including phenoxy) is 1. The first-order valence-corrected chi connectivity index (χ1v) is 0.901. The molecular formula is C3H4OPt. The van der Waals surface area contributed by atoms with Crippen molar-refractivity contribution < 1.29 is 25.8 Å². The Bertz CT molecular complexity index is 36.6. The predicted molar refractivity (Wildman–Crippen MR) is 15.8 cm³/mol. The molecule has 32 valence electrons. The van der Waals surface area contributed by atoms with Crippen molar-refractivity contribution in [2.24, 2.45) is 0 Å². The van der Waals surface area contributed by atoms with Crippen LogP contribution in [0.1, 0.15) is 0 Å². The minimum Gasteiger partial charge on any atom is -0.450 e. The van der Waals surface area contributed by atoms with Crippen LogP contribution < -0.4 is 0 Å². The van der Waals surface area contributed by atoms with Crippen molar-refractivity contribution in [2.75, 3.05) is 7.11 Å². The number of methoxy groups -OCH3 is 1. The Kier molecular flexibility index (Phi) is 16.0. The van der Waals surface area contributed by atoms with Crippen LogP contribution in [0.15, 0.2) is 0 Å². The summed E-state index contributed by atoms with van der Waals surface area (Å²) in [6.45, 7) is 0. The standard InChI is InChI=1S/C3H4O.Pt/c1-3-4-2;/h1H,2H3;. The van der Waals surface area contributed by atoms with E-state index in [1.165, 1.54) is 7.11 Å². The molecule has 0 aromatic rings. The van der Waals surface area contributed by atoms with Gasteiger partial charge in [-0.3, -0.25) is 0 Å². The van der Waals surface area contributed by atoms with Crippen LogP contribution in [0.3, 0.4) is 0 Å². The molecule has 1 nitrogen and oxygen atoms in total. The molecule has 0 aliphatic carbocycles. The van der Waals surface area contributed by atoms with Gasteiger partial charge in [0.05, 0.1) is 7.11 Å². The van der Waals surface area contributed by atoms with Crippen molar-refractivity contribution in [1.29, 1.82) is 0 Å². The monoisotopic (exact) mass is 251 g/mol. The quantitative estimate of drug-likeness (QED) is 0.560. The number of hydrogen-bond acceptors (Lipinski definition) is 1. The summed E-state index contributed by atoms with van der Waals surface area (Å²) < 4.78 is 4.07. The van der Waals surface area contributed by atoms with Crippen LogP contribution in [-0.2, 0) is 25.8 Å². The fraction of sp³-hybridized carbons (Fsp3) is 0.333. The predicted octanol–water partition coefficient (Wildman–Crippen LogP) is 0.221. The Morgan fingerprint density at radius 3 is 2.00 bits per heavy atom. The smallest absolute Gasteiger partial charge is 0.106 e. The molecule has 0 saturated heterocycles. The molecular weight excluding hydrogens is 247 g/mol. The van der Waals surface area contributed by atoms with Gasteiger partial charge in [-0.2, -0.15) is 0 Å². The van der Waals surface area contributed by atoms with Crippen LogP contribution in [0.2, 0.25) is 0 Å². The normalized spacial score (nSPS) is 3.20. The van der Waals surface area contributed by atoms with Crippen molar-refractivity contribution in [2.45, 2.75) is 0 Å². The van der Waals surface area contributed by atoms with Crippen LogP contribution >= 0.6 is 0 Å². The van der Waals surface area contributed by atoms with Crippen LogP contribution in [0.4, 0.5) is 0 Å². The van der Waals surface area contributed by atoms with Crippen LogP contribution in [0.5, 0.6) is 0 Å². The van der Waals surface area contributed by atoms with Gasteiger partial charge in [-0.25, -0.2) is 0 Å². The molecule has 0 amide bonds. The largest absolute Gasteiger partial charge is 0.450 e. The molecule has 0 aromatic carbocycles. The zero-order valence-electron chi connectivity index (χ0n) is 2.80. The first kappa shape index (κ1) is 8.90. The number of terminal acetylenes is 1. The fourth-order valence-corrected chi connectivity index (χ4v) is 0. The molecule has 0 aromatic heterocycles. The number of rotatable bonds is 0. The molecule has 0 spiro atoms. The van der Waals surface area contributed by atoms with Gasteiger partial charge in [0, 0.05) is 21.1 Å². The average Bonchev–Trinajstić information content (AvgIpc) is 1.37. The SMILES string of the molecule is C#COC.[Pt]. The Morgan fingerprint density at radius 1 is 1.80 bits per heavy atom. The topological polar surface area (TPSA) is 9.23 Å². The maximum atomic E-state index is 4.56. The molecule has 0 N–H and O–H groups in total. The third-order valence-electron chi connectivity index (χ3n) is 0.118. The third-order valence-corrected chi connectivity index (χ3v) is 0.118. The molecule has 0 aliphatic heterocycles. The minimum atomic E-state index is 0. The van der Waals surface area contributed by atoms with E-state index in [9.17, 15) is 0 Å². The van der Waals surface area contributed by atoms with E-state index in [1.807, 2.05) is 6.11 Å². The van der Waals surface area contributed by atoms with Crippen LogP contribution in [0.25, 0.3) is 0 Å². The van der Waals surface area contributed by atoms with Gasteiger partial charge >= 0.3 is 0 Å². The summed E-state index contributed by atoms with van der Waals surface area (Å²) in [5.41, 5.74) is 0. The molecule has 0 saturated carbocycles. The minimum absolute atomic E-state index is 0. The van der Waals surface area contributed by atoms with Gasteiger partial charge in [0.1, 0.15) is 6.11 Å². The summed E-state index contributed by atoms with van der Waals surface area (Å²) in [5, 5.41) is 0. The second-order valence-corrected chi connectivity index (χ2v) is 0.322. The summed E-state index contributed by atoms with van der Waals surface area (Å²) in [4.78, 5) is 0. The van der Waals surface area contributed by atoms with E-state index in [4.69, 9.17) is 0 Å². The zero-order valence-corrected chi connectivity index (χ0v) is 5.07. The van der Waals surface area contributed by atoms with Gasteiger partial charge in [0.2, 0.25) is 0 Å². The molecule has 0 bridgehead atoms. The Labute approximate surface area is 46.0 Å². The number of hydrogen-bond donors (Lipinski definition) is 0. The van der Waals surface area contributed by atoms with Gasteiger partial charge in [-0.1, -0.05) is 6.42 Å². The fourth-order valence-electron chi connectivity index (χ4n) is 0. The van der Waals surface area contributed by atoms with Gasteiger partial charge < -0.3 is 4.74 Å². The van der Waals surface area contributed by atoms with E-state index >= 15 is 0 Å². The maximum absolute atomic E-state index is 4.56. The summed E-state index contributed by atoms with van der Waals surface area (Å²) >= 11 is 0. The van der Waals surface area contributed by atoms with E-state index in [0.29, 0.717) is 0 Å². The van der Waals surface area contributed by atoms with Gasteiger partial charge in [0.25, 0.3) is 0 Å². The first-order valence-electron chi connectivity index (χ1n) is 0.901. The average molecular weight is 251 g/mol. The summed E-state index contributed by atoms with van der Waals surface area (Å²) in [6.07, 6.45) is 6.49. The maximum Gasteiger partial charge on any atom is 0.106 e. The molecule has 0 unspecified atom stereocenters. The second kappa shape index (κ2) is 8.97. The Morgan fingerprint density at radius 2 is 2.00 bits per heavy atom. The molecule has 0 rings (SSSR count). The molecule has 0 atom stereocenters. The summed E-state index contributed by atoms with van der Waals surface area (Å²) in [6, 6.07) is 0. The van der Waals surface area contributed by atoms with Gasteiger partial charge in [-0.05, 0) is 0 Å². The Balaban J connectivity index is 0. The summed E-state index contributed by atoms with van der Waals surface area (Å²) in [5.74, 6) is 0. The molecule has 0 aliphatic rings. The van der Waals surface area contributed by atoms with E-state index in [2.05, 4.69) is 11.2 Å². The van der Waals surface area contributed by atoms with Gasteiger partial charge in [-0.15, -0.1) is 0 Å². The van der Waals surface area contributed by atoms with E-state index in [1.54, 1.807) is 0 Å². The molecule has 5 heavy (non-hydrogen) atoms.